The van der Waals surface area contributed by atoms with E-state index in [9.17, 15) is 4.79 Å². The molecule has 0 aliphatic heterocycles. The molecule has 1 aromatic carbocycles. The zero-order chi connectivity index (χ0) is 13.3. The smallest absolute Gasteiger partial charge is 0.250 e. The highest BCUT2D eigenvalue weighted by atomic mass is 28.4. The van der Waals surface area contributed by atoms with Gasteiger partial charge in [-0.05, 0) is 36.7 Å². The van der Waals surface area contributed by atoms with Crippen LogP contribution in [0.1, 0.15) is 36.7 Å². The van der Waals surface area contributed by atoms with Crippen LogP contribution in [-0.4, -0.2) is 14.6 Å². The number of aryl methyl sites for hydroxylation is 1. The molecule has 17 heavy (non-hydrogen) atoms. The van der Waals surface area contributed by atoms with Gasteiger partial charge in [0.05, 0.1) is 5.56 Å². The summed E-state index contributed by atoms with van der Waals surface area (Å²) in [5.41, 5.74) is 1.68. The third-order valence-corrected chi connectivity index (χ3v) is 7.86. The Hall–Kier alpha value is -1.09. The van der Waals surface area contributed by atoms with Gasteiger partial charge in [-0.2, -0.15) is 0 Å². The van der Waals surface area contributed by atoms with Crippen molar-refractivity contribution in [1.82, 2.24) is 0 Å². The lowest BCUT2D eigenvalue weighted by Crippen LogP contribution is -2.44. The number of carbonyl (C=O) groups is 1. The third-order valence-electron chi connectivity index (χ3n) is 3.53. The molecular weight excluding hydrogens is 228 g/mol. The molecule has 0 fully saturated rings. The van der Waals surface area contributed by atoms with Crippen LogP contribution in [0.3, 0.4) is 0 Å². The van der Waals surface area contributed by atoms with Gasteiger partial charge in [0.15, 0.2) is 6.29 Å². The molecule has 0 bridgehead atoms. The second-order valence-electron chi connectivity index (χ2n) is 5.97. The molecule has 0 saturated heterocycles. The van der Waals surface area contributed by atoms with Crippen molar-refractivity contribution in [2.24, 2.45) is 0 Å². The van der Waals surface area contributed by atoms with Gasteiger partial charge in [0.1, 0.15) is 5.75 Å². The number of benzene rings is 1. The van der Waals surface area contributed by atoms with E-state index in [4.69, 9.17) is 4.43 Å². The van der Waals surface area contributed by atoms with E-state index >= 15 is 0 Å². The summed E-state index contributed by atoms with van der Waals surface area (Å²) in [4.78, 5) is 11.1. The van der Waals surface area contributed by atoms with Gasteiger partial charge >= 0.3 is 0 Å². The number of hydrogen-bond donors (Lipinski definition) is 0. The van der Waals surface area contributed by atoms with E-state index in [1.807, 2.05) is 25.1 Å². The molecule has 0 N–H and O–H groups in total. The molecule has 0 aliphatic rings. The van der Waals surface area contributed by atoms with Crippen LogP contribution < -0.4 is 4.43 Å². The van der Waals surface area contributed by atoms with Crippen molar-refractivity contribution < 1.29 is 9.22 Å². The second kappa shape index (κ2) is 4.65. The van der Waals surface area contributed by atoms with Gasteiger partial charge in [-0.1, -0.05) is 32.9 Å². The lowest BCUT2D eigenvalue weighted by atomic mass is 10.1. The van der Waals surface area contributed by atoms with Crippen LogP contribution in [0.15, 0.2) is 18.2 Å². The highest BCUT2D eigenvalue weighted by Gasteiger charge is 2.39. The van der Waals surface area contributed by atoms with Gasteiger partial charge in [0.25, 0.3) is 8.32 Å². The van der Waals surface area contributed by atoms with Gasteiger partial charge in [0.2, 0.25) is 0 Å². The largest absolute Gasteiger partial charge is 0.543 e. The fourth-order valence-electron chi connectivity index (χ4n) is 1.32. The number of aldehydes is 1. The minimum atomic E-state index is -1.88. The topological polar surface area (TPSA) is 26.3 Å². The lowest BCUT2D eigenvalue weighted by molar-refractivity contribution is 0.112. The Morgan fingerprint density at radius 2 is 1.82 bits per heavy atom. The van der Waals surface area contributed by atoms with Crippen LogP contribution in [-0.2, 0) is 0 Å². The van der Waals surface area contributed by atoms with Crippen molar-refractivity contribution in [3.8, 4) is 5.75 Å². The fraction of sp³-hybridized carbons (Fsp3) is 0.500. The maximum absolute atomic E-state index is 11.1. The molecular formula is C14H22O2Si. The van der Waals surface area contributed by atoms with Crippen molar-refractivity contribution in [3.05, 3.63) is 29.3 Å². The summed E-state index contributed by atoms with van der Waals surface area (Å²) >= 11 is 0. The normalized spacial score (nSPS) is 12.4. The summed E-state index contributed by atoms with van der Waals surface area (Å²) in [5.74, 6) is 0.758. The minimum Gasteiger partial charge on any atom is -0.543 e. The monoisotopic (exact) mass is 250 g/mol. The van der Waals surface area contributed by atoms with Gasteiger partial charge in [-0.25, -0.2) is 0 Å². The maximum Gasteiger partial charge on any atom is 0.250 e. The van der Waals surface area contributed by atoms with Crippen LogP contribution in [0.25, 0.3) is 0 Å². The molecule has 0 aromatic heterocycles. The van der Waals surface area contributed by atoms with Gasteiger partial charge in [-0.15, -0.1) is 0 Å². The average Bonchev–Trinajstić information content (AvgIpc) is 2.19. The first-order valence-electron chi connectivity index (χ1n) is 5.93. The van der Waals surface area contributed by atoms with Crippen molar-refractivity contribution >= 4 is 14.6 Å². The Labute approximate surface area is 105 Å². The molecule has 0 aliphatic carbocycles. The van der Waals surface area contributed by atoms with E-state index in [1.165, 1.54) is 0 Å². The average molecular weight is 250 g/mol. The predicted octanol–water partition coefficient (Wildman–Crippen LogP) is 4.19. The van der Waals surface area contributed by atoms with E-state index in [-0.39, 0.29) is 5.04 Å². The van der Waals surface area contributed by atoms with E-state index in [0.29, 0.717) is 5.56 Å². The number of rotatable bonds is 3. The van der Waals surface area contributed by atoms with Crippen molar-refractivity contribution in [2.45, 2.75) is 45.8 Å². The quantitative estimate of drug-likeness (QED) is 0.594. The molecule has 1 aromatic rings. The first-order chi connectivity index (χ1) is 7.69. The molecule has 0 spiro atoms. The molecule has 94 valence electrons. The summed E-state index contributed by atoms with van der Waals surface area (Å²) in [6.45, 7) is 12.9. The Kier molecular flexibility index (Phi) is 3.82. The standard InChI is InChI=1S/C14H22O2Si/c1-11-8-7-9-12(10-15)13(11)16-17(5,6)14(2,3)4/h7-10H,1-6H3. The van der Waals surface area contributed by atoms with Crippen LogP contribution >= 0.6 is 0 Å². The van der Waals surface area contributed by atoms with Crippen LogP contribution in [0.4, 0.5) is 0 Å². The molecule has 2 nitrogen and oxygen atoms in total. The molecule has 0 atom stereocenters. The zero-order valence-corrected chi connectivity index (χ0v) is 12.6. The number of para-hydroxylation sites is 1. The second-order valence-corrected chi connectivity index (χ2v) is 10.7. The third kappa shape index (κ3) is 2.97. The van der Waals surface area contributed by atoms with E-state index in [0.717, 1.165) is 17.6 Å². The van der Waals surface area contributed by atoms with Crippen molar-refractivity contribution in [1.29, 1.82) is 0 Å². The maximum atomic E-state index is 11.1. The van der Waals surface area contributed by atoms with E-state index < -0.39 is 8.32 Å². The molecule has 0 amide bonds. The summed E-state index contributed by atoms with van der Waals surface area (Å²) in [6.07, 6.45) is 0.871. The van der Waals surface area contributed by atoms with Crippen molar-refractivity contribution in [2.75, 3.05) is 0 Å². The van der Waals surface area contributed by atoms with Gasteiger partial charge < -0.3 is 4.43 Å². The van der Waals surface area contributed by atoms with Gasteiger partial charge in [-0.3, -0.25) is 4.79 Å². The van der Waals surface area contributed by atoms with Crippen LogP contribution in [0, 0.1) is 6.92 Å². The molecule has 0 unspecified atom stereocenters. The molecule has 1 rings (SSSR count). The Morgan fingerprint density at radius 1 is 1.24 bits per heavy atom. The summed E-state index contributed by atoms with van der Waals surface area (Å²) < 4.78 is 6.23. The fourth-order valence-corrected chi connectivity index (χ4v) is 2.41. The Balaban J connectivity index is 3.15. The Bertz CT molecular complexity index is 417. The van der Waals surface area contributed by atoms with E-state index in [1.54, 1.807) is 0 Å². The van der Waals surface area contributed by atoms with E-state index in [2.05, 4.69) is 33.9 Å². The number of hydrogen-bond acceptors (Lipinski definition) is 2. The highest BCUT2D eigenvalue weighted by molar-refractivity contribution is 6.74. The summed E-state index contributed by atoms with van der Waals surface area (Å²) in [5, 5.41) is 0.134. The summed E-state index contributed by atoms with van der Waals surface area (Å²) in [6, 6.07) is 5.68. The van der Waals surface area contributed by atoms with Crippen LogP contribution in [0.2, 0.25) is 18.1 Å². The molecule has 0 radical (unpaired) electrons. The lowest BCUT2D eigenvalue weighted by Gasteiger charge is -2.37. The van der Waals surface area contributed by atoms with Gasteiger partial charge in [0, 0.05) is 0 Å². The Morgan fingerprint density at radius 3 is 2.29 bits per heavy atom. The summed E-state index contributed by atoms with van der Waals surface area (Å²) in [7, 11) is -1.88. The first kappa shape index (κ1) is 14.0. The molecule has 3 heteroatoms. The highest BCUT2D eigenvalue weighted by Crippen LogP contribution is 2.38. The molecule has 0 saturated carbocycles. The van der Waals surface area contributed by atoms with Crippen molar-refractivity contribution in [3.63, 3.8) is 0 Å². The van der Waals surface area contributed by atoms with Crippen LogP contribution in [0.5, 0.6) is 5.75 Å². The molecule has 0 heterocycles. The number of carbonyl (C=O) groups excluding carboxylic acids is 1. The first-order valence-corrected chi connectivity index (χ1v) is 8.83. The predicted molar refractivity (Wildman–Crippen MR) is 74.4 cm³/mol. The SMILES string of the molecule is Cc1cccc(C=O)c1O[Si](C)(C)C(C)(C)C. The minimum absolute atomic E-state index is 0.134. The zero-order valence-electron chi connectivity index (χ0n) is 11.6.